The van der Waals surface area contributed by atoms with E-state index >= 15 is 0 Å². The van der Waals surface area contributed by atoms with Crippen LogP contribution >= 0.6 is 0 Å². The molecule has 4 rings (SSSR count). The van der Waals surface area contributed by atoms with Crippen LogP contribution in [-0.4, -0.2) is 36.3 Å². The van der Waals surface area contributed by atoms with Crippen molar-refractivity contribution in [2.45, 2.75) is 32.0 Å². The second-order valence-corrected chi connectivity index (χ2v) is 6.65. The van der Waals surface area contributed by atoms with E-state index in [0.717, 1.165) is 31.1 Å². The molecule has 2 atom stereocenters. The molecule has 0 bridgehead atoms. The second-order valence-electron chi connectivity index (χ2n) is 6.65. The van der Waals surface area contributed by atoms with Crippen LogP contribution in [0.5, 0.6) is 0 Å². The number of hydrogen-bond acceptors (Lipinski definition) is 7. The highest BCUT2D eigenvalue weighted by Crippen LogP contribution is 2.41. The first-order chi connectivity index (χ1) is 12.2. The predicted octanol–water partition coefficient (Wildman–Crippen LogP) is 2.30. The van der Waals surface area contributed by atoms with E-state index in [0.29, 0.717) is 12.6 Å². The Labute approximate surface area is 147 Å². The van der Waals surface area contributed by atoms with Gasteiger partial charge in [0.05, 0.1) is 18.2 Å². The lowest BCUT2D eigenvalue weighted by Crippen LogP contribution is -2.34. The van der Waals surface area contributed by atoms with Crippen LogP contribution in [0.4, 0.5) is 17.6 Å². The van der Waals surface area contributed by atoms with Crippen LogP contribution in [0.15, 0.2) is 30.3 Å². The SMILES string of the molecule is COCC(C)Nc1nc2c3c(n1)N(Cc1ccccc1)CCC3NN2. The molecule has 0 radical (unpaired) electrons. The van der Waals surface area contributed by atoms with Gasteiger partial charge in [0, 0.05) is 26.2 Å². The van der Waals surface area contributed by atoms with Gasteiger partial charge in [-0.3, -0.25) is 0 Å². The van der Waals surface area contributed by atoms with E-state index in [-0.39, 0.29) is 12.1 Å². The van der Waals surface area contributed by atoms with Crippen molar-refractivity contribution < 1.29 is 4.74 Å². The summed E-state index contributed by atoms with van der Waals surface area (Å²) in [5.74, 6) is 2.52. The Morgan fingerprint density at radius 2 is 2.16 bits per heavy atom. The Morgan fingerprint density at radius 3 is 2.96 bits per heavy atom. The minimum atomic E-state index is 0.145. The van der Waals surface area contributed by atoms with E-state index in [9.17, 15) is 0 Å². The number of nitrogens with one attached hydrogen (secondary N) is 3. The van der Waals surface area contributed by atoms with Gasteiger partial charge in [-0.15, -0.1) is 0 Å². The molecule has 7 heteroatoms. The molecule has 2 aromatic rings. The van der Waals surface area contributed by atoms with Crippen LogP contribution in [0, 0.1) is 0 Å². The zero-order valence-electron chi connectivity index (χ0n) is 14.6. The lowest BCUT2D eigenvalue weighted by molar-refractivity contribution is 0.190. The van der Waals surface area contributed by atoms with Crippen LogP contribution in [0.1, 0.15) is 30.5 Å². The summed E-state index contributed by atoms with van der Waals surface area (Å²) >= 11 is 0. The van der Waals surface area contributed by atoms with Gasteiger partial charge >= 0.3 is 0 Å². The highest BCUT2D eigenvalue weighted by Gasteiger charge is 2.34. The molecule has 132 valence electrons. The van der Waals surface area contributed by atoms with Gasteiger partial charge in [-0.1, -0.05) is 30.3 Å². The minimum absolute atomic E-state index is 0.145. The number of rotatable bonds is 6. The average molecular weight is 340 g/mol. The van der Waals surface area contributed by atoms with Crippen LogP contribution in [0.3, 0.4) is 0 Å². The number of methoxy groups -OCH3 is 1. The molecule has 2 aliphatic rings. The number of hydrogen-bond donors (Lipinski definition) is 3. The van der Waals surface area contributed by atoms with Gasteiger partial charge < -0.3 is 20.4 Å². The number of hydrazine groups is 1. The number of aromatic nitrogens is 2. The average Bonchev–Trinajstić information content (AvgIpc) is 3.02. The van der Waals surface area contributed by atoms with Crippen molar-refractivity contribution in [2.75, 3.05) is 35.9 Å². The largest absolute Gasteiger partial charge is 0.383 e. The molecule has 25 heavy (non-hydrogen) atoms. The first-order valence-electron chi connectivity index (χ1n) is 8.72. The normalized spacial score (nSPS) is 19.3. The van der Waals surface area contributed by atoms with Gasteiger partial charge in [0.25, 0.3) is 0 Å². The fourth-order valence-electron chi connectivity index (χ4n) is 3.48. The summed E-state index contributed by atoms with van der Waals surface area (Å²) < 4.78 is 5.20. The lowest BCUT2D eigenvalue weighted by atomic mass is 10.0. The van der Waals surface area contributed by atoms with E-state index in [1.165, 1.54) is 11.1 Å². The third kappa shape index (κ3) is 3.25. The number of anilines is 3. The van der Waals surface area contributed by atoms with Crippen LogP contribution < -0.4 is 21.1 Å². The Morgan fingerprint density at radius 1 is 1.32 bits per heavy atom. The van der Waals surface area contributed by atoms with E-state index in [1.54, 1.807) is 7.11 Å². The molecule has 0 fully saturated rings. The van der Waals surface area contributed by atoms with Gasteiger partial charge in [0.15, 0.2) is 5.82 Å². The van der Waals surface area contributed by atoms with Crippen molar-refractivity contribution in [3.8, 4) is 0 Å². The smallest absolute Gasteiger partial charge is 0.226 e. The predicted molar refractivity (Wildman–Crippen MR) is 98.6 cm³/mol. The minimum Gasteiger partial charge on any atom is -0.383 e. The molecule has 2 aliphatic heterocycles. The quantitative estimate of drug-likeness (QED) is 0.745. The number of benzene rings is 1. The molecule has 0 saturated carbocycles. The van der Waals surface area contributed by atoms with Crippen molar-refractivity contribution in [3.63, 3.8) is 0 Å². The molecular weight excluding hydrogens is 316 g/mol. The summed E-state index contributed by atoms with van der Waals surface area (Å²) in [6, 6.07) is 10.9. The van der Waals surface area contributed by atoms with E-state index < -0.39 is 0 Å². The van der Waals surface area contributed by atoms with Crippen LogP contribution in [0.25, 0.3) is 0 Å². The highest BCUT2D eigenvalue weighted by molar-refractivity contribution is 5.67. The van der Waals surface area contributed by atoms with Gasteiger partial charge in [-0.2, -0.15) is 9.97 Å². The Kier molecular flexibility index (Phi) is 4.42. The molecule has 3 N–H and O–H groups in total. The first kappa shape index (κ1) is 16.1. The van der Waals surface area contributed by atoms with Gasteiger partial charge in [-0.25, -0.2) is 5.43 Å². The van der Waals surface area contributed by atoms with Crippen molar-refractivity contribution in [2.24, 2.45) is 0 Å². The van der Waals surface area contributed by atoms with Crippen molar-refractivity contribution >= 4 is 17.6 Å². The van der Waals surface area contributed by atoms with Gasteiger partial charge in [-0.05, 0) is 18.9 Å². The van der Waals surface area contributed by atoms with Crippen LogP contribution in [-0.2, 0) is 11.3 Å². The van der Waals surface area contributed by atoms with Gasteiger partial charge in [0.2, 0.25) is 5.95 Å². The zero-order valence-corrected chi connectivity index (χ0v) is 14.6. The molecule has 3 heterocycles. The molecule has 0 amide bonds. The van der Waals surface area contributed by atoms with E-state index in [4.69, 9.17) is 9.72 Å². The second kappa shape index (κ2) is 6.85. The topological polar surface area (TPSA) is 74.3 Å². The molecular formula is C18H24N6O. The molecule has 1 aromatic carbocycles. The standard InChI is InChI=1S/C18H24N6O/c1-12(11-25-2)19-18-20-16-15-14(22-23-16)8-9-24(17(15)21-18)10-13-6-4-3-5-7-13/h3-7,12,14,22H,8-11H2,1-2H3,(H2,19,20,21,23). The fourth-order valence-corrected chi connectivity index (χ4v) is 3.48. The Balaban J connectivity index is 1.64. The monoisotopic (exact) mass is 340 g/mol. The maximum absolute atomic E-state index is 5.20. The van der Waals surface area contributed by atoms with Crippen molar-refractivity contribution in [1.82, 2.24) is 15.4 Å². The van der Waals surface area contributed by atoms with Crippen molar-refractivity contribution in [1.29, 1.82) is 0 Å². The molecule has 0 saturated heterocycles. The Hall–Kier alpha value is -2.38. The number of ether oxygens (including phenoxy) is 1. The summed E-state index contributed by atoms with van der Waals surface area (Å²) in [5, 5.41) is 3.33. The zero-order chi connectivity index (χ0) is 17.2. The molecule has 1 aromatic heterocycles. The fraction of sp³-hybridized carbons (Fsp3) is 0.444. The van der Waals surface area contributed by atoms with E-state index in [1.807, 2.05) is 6.07 Å². The maximum Gasteiger partial charge on any atom is 0.226 e. The molecule has 2 unspecified atom stereocenters. The molecule has 0 aliphatic carbocycles. The summed E-state index contributed by atoms with van der Waals surface area (Å²) in [5.41, 5.74) is 9.00. The molecule has 7 nitrogen and oxygen atoms in total. The summed E-state index contributed by atoms with van der Waals surface area (Å²) in [4.78, 5) is 11.8. The number of nitrogens with zero attached hydrogens (tertiary/aromatic N) is 3. The summed E-state index contributed by atoms with van der Waals surface area (Å²) in [7, 11) is 1.70. The third-order valence-electron chi connectivity index (χ3n) is 4.63. The summed E-state index contributed by atoms with van der Waals surface area (Å²) in [6.07, 6.45) is 1.04. The maximum atomic E-state index is 5.20. The lowest BCUT2D eigenvalue weighted by Gasteiger charge is -2.32. The Bertz CT molecular complexity index is 738. The third-order valence-corrected chi connectivity index (χ3v) is 4.63. The summed E-state index contributed by atoms with van der Waals surface area (Å²) in [6.45, 7) is 4.48. The van der Waals surface area contributed by atoms with E-state index in [2.05, 4.69) is 57.2 Å². The highest BCUT2D eigenvalue weighted by atomic mass is 16.5. The van der Waals surface area contributed by atoms with Crippen LogP contribution in [0.2, 0.25) is 0 Å². The first-order valence-corrected chi connectivity index (χ1v) is 8.72. The molecule has 0 spiro atoms. The van der Waals surface area contributed by atoms with Gasteiger partial charge in [0.1, 0.15) is 5.82 Å². The van der Waals surface area contributed by atoms with Crippen molar-refractivity contribution in [3.05, 3.63) is 41.5 Å².